The number of hydrogen-bond acceptors (Lipinski definition) is 2. The quantitative estimate of drug-likeness (QED) is 0.795. The van der Waals surface area contributed by atoms with Crippen molar-refractivity contribution in [1.82, 2.24) is 15.1 Å². The molecule has 0 saturated carbocycles. The van der Waals surface area contributed by atoms with Crippen LogP contribution in [0.25, 0.3) is 0 Å². The van der Waals surface area contributed by atoms with Gasteiger partial charge in [-0.3, -0.25) is 4.68 Å². The summed E-state index contributed by atoms with van der Waals surface area (Å²) >= 11 is 0. The van der Waals surface area contributed by atoms with Gasteiger partial charge < -0.3 is 5.32 Å². The summed E-state index contributed by atoms with van der Waals surface area (Å²) in [5, 5.41) is 7.63. The maximum atomic E-state index is 12.8. The number of nitrogens with one attached hydrogen (secondary N) is 1. The van der Waals surface area contributed by atoms with Gasteiger partial charge in [0, 0.05) is 18.3 Å². The van der Waals surface area contributed by atoms with Gasteiger partial charge in [-0.25, -0.2) is 4.39 Å². The Balaban J connectivity index is 1.91. The van der Waals surface area contributed by atoms with E-state index in [1.165, 1.54) is 17.7 Å². The number of hydrogen-bond donors (Lipinski definition) is 1. The summed E-state index contributed by atoms with van der Waals surface area (Å²) in [5.41, 5.74) is 2.22. The van der Waals surface area contributed by atoms with E-state index in [4.69, 9.17) is 0 Å². The van der Waals surface area contributed by atoms with Crippen LogP contribution in [0.3, 0.4) is 0 Å². The molecule has 2 aromatic rings. The minimum atomic E-state index is -0.205. The average molecular weight is 247 g/mol. The predicted octanol–water partition coefficient (Wildman–Crippen LogP) is 2.57. The Morgan fingerprint density at radius 1 is 1.22 bits per heavy atom. The fourth-order valence-electron chi connectivity index (χ4n) is 1.77. The van der Waals surface area contributed by atoms with Crippen molar-refractivity contribution in [2.45, 2.75) is 26.4 Å². The monoisotopic (exact) mass is 247 g/mol. The van der Waals surface area contributed by atoms with Crippen LogP contribution >= 0.6 is 0 Å². The van der Waals surface area contributed by atoms with E-state index >= 15 is 0 Å². The smallest absolute Gasteiger partial charge is 0.123 e. The van der Waals surface area contributed by atoms with Crippen LogP contribution in [0.1, 0.15) is 24.5 Å². The molecule has 18 heavy (non-hydrogen) atoms. The zero-order chi connectivity index (χ0) is 12.8. The zero-order valence-electron chi connectivity index (χ0n) is 10.6. The molecule has 1 N–H and O–H groups in total. The molecule has 0 aliphatic rings. The maximum absolute atomic E-state index is 12.8. The van der Waals surface area contributed by atoms with Crippen LogP contribution in [0.5, 0.6) is 0 Å². The zero-order valence-corrected chi connectivity index (χ0v) is 10.6. The van der Waals surface area contributed by atoms with Crippen molar-refractivity contribution in [3.8, 4) is 0 Å². The van der Waals surface area contributed by atoms with E-state index in [1.54, 1.807) is 12.1 Å². The maximum Gasteiger partial charge on any atom is 0.123 e. The molecule has 1 heterocycles. The molecular weight excluding hydrogens is 229 g/mol. The second-order valence-corrected chi connectivity index (χ2v) is 4.35. The van der Waals surface area contributed by atoms with E-state index in [0.717, 1.165) is 25.1 Å². The molecule has 4 heteroatoms. The van der Waals surface area contributed by atoms with Gasteiger partial charge in [0.15, 0.2) is 0 Å². The molecule has 3 nitrogen and oxygen atoms in total. The first kappa shape index (κ1) is 12.8. The van der Waals surface area contributed by atoms with Crippen molar-refractivity contribution in [1.29, 1.82) is 0 Å². The molecule has 0 bridgehead atoms. The van der Waals surface area contributed by atoms with Crippen LogP contribution in [0.4, 0.5) is 4.39 Å². The van der Waals surface area contributed by atoms with Crippen LogP contribution in [0, 0.1) is 5.82 Å². The first-order chi connectivity index (χ1) is 8.78. The highest BCUT2D eigenvalue weighted by Gasteiger charge is 2.00. The Hall–Kier alpha value is -1.68. The molecule has 0 atom stereocenters. The molecule has 0 radical (unpaired) electrons. The summed E-state index contributed by atoms with van der Waals surface area (Å²) in [6.07, 6.45) is 5.02. The van der Waals surface area contributed by atoms with E-state index in [1.807, 2.05) is 17.1 Å². The van der Waals surface area contributed by atoms with Gasteiger partial charge in [-0.1, -0.05) is 19.1 Å². The third-order valence-electron chi connectivity index (χ3n) is 2.70. The summed E-state index contributed by atoms with van der Waals surface area (Å²) in [7, 11) is 0. The van der Waals surface area contributed by atoms with Gasteiger partial charge in [0.05, 0.1) is 12.7 Å². The largest absolute Gasteiger partial charge is 0.313 e. The molecule has 2 rings (SSSR count). The molecule has 0 amide bonds. The highest BCUT2D eigenvalue weighted by molar-refractivity contribution is 5.16. The number of aromatic nitrogens is 2. The van der Waals surface area contributed by atoms with Gasteiger partial charge in [0.25, 0.3) is 0 Å². The lowest BCUT2D eigenvalue weighted by Gasteiger charge is -2.02. The molecule has 0 fully saturated rings. The normalized spacial score (nSPS) is 10.8. The standard InChI is InChI=1S/C14H18FN3/c1-2-7-16-8-13-9-17-18(11-13)10-12-3-5-14(15)6-4-12/h3-6,9,11,16H,2,7-8,10H2,1H3. The lowest BCUT2D eigenvalue weighted by atomic mass is 10.2. The van der Waals surface area contributed by atoms with Crippen LogP contribution in [0.2, 0.25) is 0 Å². The Kier molecular flexibility index (Phi) is 4.47. The molecule has 96 valence electrons. The minimum absolute atomic E-state index is 0.205. The van der Waals surface area contributed by atoms with Crippen molar-refractivity contribution in [3.05, 3.63) is 53.6 Å². The fraction of sp³-hybridized carbons (Fsp3) is 0.357. The molecule has 1 aromatic heterocycles. The molecule has 0 saturated heterocycles. The third-order valence-corrected chi connectivity index (χ3v) is 2.70. The predicted molar refractivity (Wildman–Crippen MR) is 69.7 cm³/mol. The minimum Gasteiger partial charge on any atom is -0.313 e. The third kappa shape index (κ3) is 3.67. The molecule has 1 aromatic carbocycles. The highest BCUT2D eigenvalue weighted by atomic mass is 19.1. The van der Waals surface area contributed by atoms with Crippen LogP contribution in [-0.2, 0) is 13.1 Å². The Morgan fingerprint density at radius 3 is 2.72 bits per heavy atom. The summed E-state index contributed by atoms with van der Waals surface area (Å²) in [6, 6.07) is 6.52. The summed E-state index contributed by atoms with van der Waals surface area (Å²) < 4.78 is 14.6. The average Bonchev–Trinajstić information content (AvgIpc) is 2.80. The second-order valence-electron chi connectivity index (χ2n) is 4.35. The van der Waals surface area contributed by atoms with Gasteiger partial charge in [-0.05, 0) is 30.7 Å². The Labute approximate surface area is 107 Å². The fourth-order valence-corrected chi connectivity index (χ4v) is 1.77. The van der Waals surface area contributed by atoms with Gasteiger partial charge in [0.1, 0.15) is 5.82 Å². The van der Waals surface area contributed by atoms with E-state index in [9.17, 15) is 4.39 Å². The summed E-state index contributed by atoms with van der Waals surface area (Å²) in [6.45, 7) is 4.68. The van der Waals surface area contributed by atoms with Crippen molar-refractivity contribution < 1.29 is 4.39 Å². The molecule has 0 aliphatic carbocycles. The molecular formula is C14H18FN3. The second kappa shape index (κ2) is 6.31. The highest BCUT2D eigenvalue weighted by Crippen LogP contribution is 2.06. The van der Waals surface area contributed by atoms with E-state index in [0.29, 0.717) is 6.54 Å². The molecule has 0 aliphatic heterocycles. The Bertz CT molecular complexity index is 476. The van der Waals surface area contributed by atoms with E-state index in [2.05, 4.69) is 17.3 Å². The summed E-state index contributed by atoms with van der Waals surface area (Å²) in [4.78, 5) is 0. The van der Waals surface area contributed by atoms with Gasteiger partial charge in [-0.2, -0.15) is 5.10 Å². The number of benzene rings is 1. The van der Waals surface area contributed by atoms with Gasteiger partial charge in [-0.15, -0.1) is 0 Å². The topological polar surface area (TPSA) is 29.9 Å². The SMILES string of the molecule is CCCNCc1cnn(Cc2ccc(F)cc2)c1. The first-order valence-electron chi connectivity index (χ1n) is 6.24. The number of halogens is 1. The lowest BCUT2D eigenvalue weighted by Crippen LogP contribution is -2.13. The van der Waals surface area contributed by atoms with E-state index in [-0.39, 0.29) is 5.82 Å². The summed E-state index contributed by atoms with van der Waals surface area (Å²) in [5.74, 6) is -0.205. The van der Waals surface area contributed by atoms with E-state index < -0.39 is 0 Å². The van der Waals surface area contributed by atoms with Gasteiger partial charge >= 0.3 is 0 Å². The van der Waals surface area contributed by atoms with Crippen LogP contribution in [-0.4, -0.2) is 16.3 Å². The van der Waals surface area contributed by atoms with Crippen molar-refractivity contribution in [2.24, 2.45) is 0 Å². The molecule has 0 spiro atoms. The lowest BCUT2D eigenvalue weighted by molar-refractivity contribution is 0.624. The Morgan fingerprint density at radius 2 is 2.00 bits per heavy atom. The number of nitrogens with zero attached hydrogens (tertiary/aromatic N) is 2. The van der Waals surface area contributed by atoms with Crippen LogP contribution < -0.4 is 5.32 Å². The van der Waals surface area contributed by atoms with Gasteiger partial charge in [0.2, 0.25) is 0 Å². The van der Waals surface area contributed by atoms with Crippen molar-refractivity contribution in [2.75, 3.05) is 6.54 Å². The molecule has 0 unspecified atom stereocenters. The van der Waals surface area contributed by atoms with Crippen molar-refractivity contribution in [3.63, 3.8) is 0 Å². The van der Waals surface area contributed by atoms with Crippen LogP contribution in [0.15, 0.2) is 36.7 Å². The first-order valence-corrected chi connectivity index (χ1v) is 6.24. The number of rotatable bonds is 6. The van der Waals surface area contributed by atoms with Crippen molar-refractivity contribution >= 4 is 0 Å².